The molecule has 0 fully saturated rings. The van der Waals surface area contributed by atoms with Crippen LogP contribution in [0, 0.1) is 0 Å². The van der Waals surface area contributed by atoms with Gasteiger partial charge in [0.05, 0.1) is 10.7 Å². The number of aromatic nitrogens is 1. The van der Waals surface area contributed by atoms with Crippen molar-refractivity contribution in [3.05, 3.63) is 38.8 Å². The standard InChI is InChI=1S/C13H14BrClN2S/c1-2-16-6-5-10-8-18-13(17-10)11-4-3-9(14)7-12(11)15/h3-4,7-8,16H,2,5-6H2,1H3. The Morgan fingerprint density at radius 1 is 1.44 bits per heavy atom. The van der Waals surface area contributed by atoms with E-state index in [1.54, 1.807) is 11.3 Å². The van der Waals surface area contributed by atoms with Crippen molar-refractivity contribution in [3.8, 4) is 10.6 Å². The van der Waals surface area contributed by atoms with Gasteiger partial charge in [-0.05, 0) is 24.7 Å². The number of halogens is 2. The molecule has 96 valence electrons. The molecule has 0 atom stereocenters. The summed E-state index contributed by atoms with van der Waals surface area (Å²) in [6, 6.07) is 5.89. The van der Waals surface area contributed by atoms with E-state index < -0.39 is 0 Å². The number of likely N-dealkylation sites (N-methyl/N-ethyl adjacent to an activating group) is 1. The van der Waals surface area contributed by atoms with Crippen molar-refractivity contribution in [1.82, 2.24) is 10.3 Å². The summed E-state index contributed by atoms with van der Waals surface area (Å²) in [4.78, 5) is 4.62. The predicted molar refractivity (Wildman–Crippen MR) is 82.5 cm³/mol. The summed E-state index contributed by atoms with van der Waals surface area (Å²) in [5, 5.41) is 7.12. The minimum atomic E-state index is 0.733. The fourth-order valence-electron chi connectivity index (χ4n) is 1.60. The molecule has 1 aromatic carbocycles. The zero-order chi connectivity index (χ0) is 13.0. The molecule has 1 heterocycles. The average Bonchev–Trinajstić information content (AvgIpc) is 2.78. The van der Waals surface area contributed by atoms with E-state index in [1.165, 1.54) is 0 Å². The van der Waals surface area contributed by atoms with Gasteiger partial charge in [-0.2, -0.15) is 0 Å². The highest BCUT2D eigenvalue weighted by Gasteiger charge is 2.08. The highest BCUT2D eigenvalue weighted by molar-refractivity contribution is 9.10. The Balaban J connectivity index is 2.13. The number of nitrogens with one attached hydrogen (secondary N) is 1. The van der Waals surface area contributed by atoms with E-state index in [1.807, 2.05) is 18.2 Å². The van der Waals surface area contributed by atoms with Crippen LogP contribution in [-0.2, 0) is 6.42 Å². The molecule has 1 aromatic heterocycles. The first-order valence-corrected chi connectivity index (χ1v) is 7.86. The maximum Gasteiger partial charge on any atom is 0.125 e. The predicted octanol–water partition coefficient (Wildman–Crippen LogP) is 4.38. The van der Waals surface area contributed by atoms with Gasteiger partial charge in [0, 0.05) is 28.4 Å². The first-order valence-electron chi connectivity index (χ1n) is 5.81. The van der Waals surface area contributed by atoms with Crippen LogP contribution in [0.4, 0.5) is 0 Å². The molecule has 1 N–H and O–H groups in total. The lowest BCUT2D eigenvalue weighted by Crippen LogP contribution is -2.16. The molecule has 0 saturated carbocycles. The molecule has 0 aliphatic rings. The van der Waals surface area contributed by atoms with Crippen LogP contribution in [0.3, 0.4) is 0 Å². The topological polar surface area (TPSA) is 24.9 Å². The Morgan fingerprint density at radius 3 is 3.00 bits per heavy atom. The van der Waals surface area contributed by atoms with E-state index in [4.69, 9.17) is 11.6 Å². The van der Waals surface area contributed by atoms with Crippen LogP contribution in [0.2, 0.25) is 5.02 Å². The summed E-state index contributed by atoms with van der Waals surface area (Å²) < 4.78 is 0.986. The molecule has 0 bridgehead atoms. The summed E-state index contributed by atoms with van der Waals surface area (Å²) >= 11 is 11.3. The number of hydrogen-bond donors (Lipinski definition) is 1. The van der Waals surface area contributed by atoms with Gasteiger partial charge in [-0.15, -0.1) is 11.3 Å². The molecule has 5 heteroatoms. The Morgan fingerprint density at radius 2 is 2.28 bits per heavy atom. The molecule has 2 rings (SSSR count). The number of nitrogens with zero attached hydrogens (tertiary/aromatic N) is 1. The van der Waals surface area contributed by atoms with Gasteiger partial charge in [0.25, 0.3) is 0 Å². The second-order valence-electron chi connectivity index (χ2n) is 3.87. The second-order valence-corrected chi connectivity index (χ2v) is 6.05. The van der Waals surface area contributed by atoms with E-state index in [-0.39, 0.29) is 0 Å². The quantitative estimate of drug-likeness (QED) is 0.814. The van der Waals surface area contributed by atoms with E-state index in [0.717, 1.165) is 45.3 Å². The third-order valence-corrected chi connectivity index (χ3v) is 4.25. The largest absolute Gasteiger partial charge is 0.317 e. The normalized spacial score (nSPS) is 10.8. The fourth-order valence-corrected chi connectivity index (χ4v) is 3.31. The SMILES string of the molecule is CCNCCc1csc(-c2ccc(Br)cc2Cl)n1. The molecule has 0 spiro atoms. The van der Waals surface area contributed by atoms with Gasteiger partial charge in [-0.1, -0.05) is 34.5 Å². The number of thiazole rings is 1. The van der Waals surface area contributed by atoms with Crippen molar-refractivity contribution in [2.24, 2.45) is 0 Å². The maximum absolute atomic E-state index is 6.22. The van der Waals surface area contributed by atoms with Crippen LogP contribution in [0.5, 0.6) is 0 Å². The van der Waals surface area contributed by atoms with Gasteiger partial charge < -0.3 is 5.32 Å². The van der Waals surface area contributed by atoms with Gasteiger partial charge in [0.15, 0.2) is 0 Å². The summed E-state index contributed by atoms with van der Waals surface area (Å²) in [5.74, 6) is 0. The summed E-state index contributed by atoms with van der Waals surface area (Å²) in [7, 11) is 0. The van der Waals surface area contributed by atoms with E-state index >= 15 is 0 Å². The third-order valence-electron chi connectivity index (χ3n) is 2.52. The molecule has 2 aromatic rings. The highest BCUT2D eigenvalue weighted by atomic mass is 79.9. The van der Waals surface area contributed by atoms with Gasteiger partial charge in [0.2, 0.25) is 0 Å². The Labute approximate surface area is 125 Å². The van der Waals surface area contributed by atoms with Crippen molar-refractivity contribution >= 4 is 38.9 Å². The van der Waals surface area contributed by atoms with Crippen LogP contribution in [-0.4, -0.2) is 18.1 Å². The molecule has 0 saturated heterocycles. The molecule has 18 heavy (non-hydrogen) atoms. The van der Waals surface area contributed by atoms with Crippen LogP contribution in [0.25, 0.3) is 10.6 Å². The number of hydrogen-bond acceptors (Lipinski definition) is 3. The average molecular weight is 346 g/mol. The molecular formula is C13H14BrClN2S. The van der Waals surface area contributed by atoms with E-state index in [2.05, 4.69) is 38.5 Å². The molecule has 0 aliphatic heterocycles. The highest BCUT2D eigenvalue weighted by Crippen LogP contribution is 2.32. The molecule has 0 amide bonds. The van der Waals surface area contributed by atoms with Gasteiger partial charge in [-0.3, -0.25) is 0 Å². The first kappa shape index (κ1) is 14.0. The van der Waals surface area contributed by atoms with Gasteiger partial charge in [-0.25, -0.2) is 4.98 Å². The minimum Gasteiger partial charge on any atom is -0.317 e. The molecule has 0 aliphatic carbocycles. The summed E-state index contributed by atoms with van der Waals surface area (Å²) in [6.45, 7) is 4.07. The molecule has 0 radical (unpaired) electrons. The Kier molecular flexibility index (Phi) is 5.18. The van der Waals surface area contributed by atoms with Crippen molar-refractivity contribution in [1.29, 1.82) is 0 Å². The van der Waals surface area contributed by atoms with Crippen molar-refractivity contribution < 1.29 is 0 Å². The zero-order valence-electron chi connectivity index (χ0n) is 10.0. The van der Waals surface area contributed by atoms with Crippen molar-refractivity contribution in [3.63, 3.8) is 0 Å². The maximum atomic E-state index is 6.22. The minimum absolute atomic E-state index is 0.733. The lowest BCUT2D eigenvalue weighted by Gasteiger charge is -2.01. The third kappa shape index (κ3) is 3.54. The van der Waals surface area contributed by atoms with Crippen molar-refractivity contribution in [2.75, 3.05) is 13.1 Å². The fraction of sp³-hybridized carbons (Fsp3) is 0.308. The van der Waals surface area contributed by atoms with Crippen molar-refractivity contribution in [2.45, 2.75) is 13.3 Å². The monoisotopic (exact) mass is 344 g/mol. The molecule has 2 nitrogen and oxygen atoms in total. The smallest absolute Gasteiger partial charge is 0.125 e. The van der Waals surface area contributed by atoms with Gasteiger partial charge in [0.1, 0.15) is 5.01 Å². The van der Waals surface area contributed by atoms with E-state index in [0.29, 0.717) is 0 Å². The van der Waals surface area contributed by atoms with Crippen LogP contribution >= 0.6 is 38.9 Å². The zero-order valence-corrected chi connectivity index (χ0v) is 13.2. The lowest BCUT2D eigenvalue weighted by atomic mass is 10.2. The van der Waals surface area contributed by atoms with Crippen LogP contribution in [0.15, 0.2) is 28.1 Å². The molecular weight excluding hydrogens is 332 g/mol. The number of benzene rings is 1. The molecule has 0 unspecified atom stereocenters. The Hall–Kier alpha value is -0.420. The lowest BCUT2D eigenvalue weighted by molar-refractivity contribution is 0.710. The van der Waals surface area contributed by atoms with E-state index in [9.17, 15) is 0 Å². The summed E-state index contributed by atoms with van der Waals surface area (Å²) in [5.41, 5.74) is 2.12. The van der Waals surface area contributed by atoms with Gasteiger partial charge >= 0.3 is 0 Å². The first-order chi connectivity index (χ1) is 8.70. The number of rotatable bonds is 5. The second kappa shape index (κ2) is 6.66. The Bertz CT molecular complexity index is 527. The summed E-state index contributed by atoms with van der Waals surface area (Å²) in [6.07, 6.45) is 0.957. The van der Waals surface area contributed by atoms with Crippen LogP contribution < -0.4 is 5.32 Å². The van der Waals surface area contributed by atoms with Crippen LogP contribution in [0.1, 0.15) is 12.6 Å².